The molecule has 1 aromatic rings. The Morgan fingerprint density at radius 1 is 1.19 bits per heavy atom. The van der Waals surface area contributed by atoms with Gasteiger partial charge in [0.15, 0.2) is 0 Å². The molecular formula is C20H25F2N3O2. The summed E-state index contributed by atoms with van der Waals surface area (Å²) in [4.78, 5) is 28.8. The number of halogens is 2. The van der Waals surface area contributed by atoms with Crippen molar-refractivity contribution >= 4 is 11.9 Å². The predicted octanol–water partition coefficient (Wildman–Crippen LogP) is 3.39. The van der Waals surface area contributed by atoms with Crippen LogP contribution in [0.5, 0.6) is 0 Å². The lowest BCUT2D eigenvalue weighted by atomic mass is 9.77. The van der Waals surface area contributed by atoms with E-state index in [0.717, 1.165) is 31.7 Å². The van der Waals surface area contributed by atoms with Gasteiger partial charge in [0.1, 0.15) is 17.2 Å². The summed E-state index contributed by atoms with van der Waals surface area (Å²) in [5, 5.41) is 2.92. The number of benzene rings is 1. The van der Waals surface area contributed by atoms with Crippen LogP contribution in [0.15, 0.2) is 18.2 Å². The van der Waals surface area contributed by atoms with E-state index in [1.165, 1.54) is 17.0 Å². The van der Waals surface area contributed by atoms with Gasteiger partial charge in [0.25, 0.3) is 5.91 Å². The molecule has 0 atom stereocenters. The highest BCUT2D eigenvalue weighted by atomic mass is 19.1. The van der Waals surface area contributed by atoms with E-state index in [1.807, 2.05) is 4.90 Å². The SMILES string of the molecule is CC1CCC2(CC1)NC(=O)N(CN(Cc1ccc(F)cc1F)C1CC1)C2=O. The predicted molar refractivity (Wildman–Crippen MR) is 95.5 cm³/mol. The van der Waals surface area contributed by atoms with Crippen LogP contribution in [0.4, 0.5) is 13.6 Å². The topological polar surface area (TPSA) is 52.7 Å². The Morgan fingerprint density at radius 3 is 2.52 bits per heavy atom. The van der Waals surface area contributed by atoms with Crippen molar-refractivity contribution in [2.24, 2.45) is 5.92 Å². The number of rotatable bonds is 5. The zero-order chi connectivity index (χ0) is 19.2. The average molecular weight is 377 g/mol. The van der Waals surface area contributed by atoms with E-state index >= 15 is 0 Å². The van der Waals surface area contributed by atoms with Gasteiger partial charge in [-0.3, -0.25) is 9.69 Å². The number of carbonyl (C=O) groups is 2. The molecule has 3 aliphatic rings. The molecule has 7 heteroatoms. The third-order valence-corrected chi connectivity index (χ3v) is 6.15. The number of hydrogen-bond acceptors (Lipinski definition) is 3. The van der Waals surface area contributed by atoms with E-state index in [1.54, 1.807) is 0 Å². The minimum Gasteiger partial charge on any atom is -0.323 e. The molecule has 0 unspecified atom stereocenters. The molecule has 1 aliphatic heterocycles. The first-order valence-electron chi connectivity index (χ1n) is 9.70. The molecule has 2 saturated carbocycles. The van der Waals surface area contributed by atoms with Crippen LogP contribution in [-0.4, -0.2) is 40.0 Å². The number of nitrogens with zero attached hydrogens (tertiary/aromatic N) is 2. The van der Waals surface area contributed by atoms with Crippen molar-refractivity contribution < 1.29 is 18.4 Å². The summed E-state index contributed by atoms with van der Waals surface area (Å²) in [7, 11) is 0. The monoisotopic (exact) mass is 377 g/mol. The molecule has 0 radical (unpaired) electrons. The molecule has 3 amide bonds. The van der Waals surface area contributed by atoms with E-state index in [9.17, 15) is 18.4 Å². The van der Waals surface area contributed by atoms with Crippen LogP contribution in [0.3, 0.4) is 0 Å². The number of amides is 3. The average Bonchev–Trinajstić information content (AvgIpc) is 3.44. The number of hydrogen-bond donors (Lipinski definition) is 1. The largest absolute Gasteiger partial charge is 0.326 e. The second-order valence-corrected chi connectivity index (χ2v) is 8.28. The Labute approximate surface area is 157 Å². The van der Waals surface area contributed by atoms with Crippen molar-refractivity contribution in [1.29, 1.82) is 0 Å². The van der Waals surface area contributed by atoms with Crippen LogP contribution in [-0.2, 0) is 11.3 Å². The molecular weight excluding hydrogens is 352 g/mol. The quantitative estimate of drug-likeness (QED) is 0.801. The molecule has 4 rings (SSSR count). The van der Waals surface area contributed by atoms with Crippen LogP contribution in [0.25, 0.3) is 0 Å². The third-order valence-electron chi connectivity index (χ3n) is 6.15. The van der Waals surface area contributed by atoms with E-state index in [0.29, 0.717) is 24.3 Å². The van der Waals surface area contributed by atoms with Gasteiger partial charge in [-0.05, 0) is 50.5 Å². The van der Waals surface area contributed by atoms with E-state index in [4.69, 9.17) is 0 Å². The summed E-state index contributed by atoms with van der Waals surface area (Å²) in [6.45, 7) is 2.55. The maximum Gasteiger partial charge on any atom is 0.326 e. The van der Waals surface area contributed by atoms with Gasteiger partial charge in [0.05, 0.1) is 6.67 Å². The summed E-state index contributed by atoms with van der Waals surface area (Å²) in [5.41, 5.74) is -0.392. The molecule has 1 N–H and O–H groups in total. The van der Waals surface area contributed by atoms with Crippen molar-refractivity contribution in [3.05, 3.63) is 35.4 Å². The Bertz CT molecular complexity index is 758. The zero-order valence-corrected chi connectivity index (χ0v) is 15.5. The van der Waals surface area contributed by atoms with Crippen LogP contribution in [0.2, 0.25) is 0 Å². The van der Waals surface area contributed by atoms with Crippen LogP contribution < -0.4 is 5.32 Å². The van der Waals surface area contributed by atoms with Gasteiger partial charge >= 0.3 is 6.03 Å². The van der Waals surface area contributed by atoms with Crippen molar-refractivity contribution in [3.8, 4) is 0 Å². The number of imide groups is 1. The van der Waals surface area contributed by atoms with Crippen molar-refractivity contribution in [3.63, 3.8) is 0 Å². The highest BCUT2D eigenvalue weighted by Gasteiger charge is 2.52. The smallest absolute Gasteiger partial charge is 0.323 e. The Morgan fingerprint density at radius 2 is 1.89 bits per heavy atom. The Balaban J connectivity index is 1.49. The fraction of sp³-hybridized carbons (Fsp3) is 0.600. The summed E-state index contributed by atoms with van der Waals surface area (Å²) in [6, 6.07) is 3.38. The van der Waals surface area contributed by atoms with Crippen molar-refractivity contribution in [2.45, 2.75) is 63.6 Å². The van der Waals surface area contributed by atoms with Gasteiger partial charge in [0.2, 0.25) is 0 Å². The minimum atomic E-state index is -0.764. The first-order chi connectivity index (χ1) is 12.9. The number of urea groups is 1. The lowest BCUT2D eigenvalue weighted by Crippen LogP contribution is -2.50. The van der Waals surface area contributed by atoms with E-state index in [2.05, 4.69) is 12.2 Å². The number of nitrogens with one attached hydrogen (secondary N) is 1. The van der Waals surface area contributed by atoms with Crippen LogP contribution in [0, 0.1) is 17.6 Å². The zero-order valence-electron chi connectivity index (χ0n) is 15.5. The lowest BCUT2D eigenvalue weighted by Gasteiger charge is -2.34. The molecule has 5 nitrogen and oxygen atoms in total. The first-order valence-corrected chi connectivity index (χ1v) is 9.70. The van der Waals surface area contributed by atoms with Gasteiger partial charge in [-0.15, -0.1) is 0 Å². The molecule has 1 aromatic carbocycles. The van der Waals surface area contributed by atoms with Gasteiger partial charge < -0.3 is 5.32 Å². The molecule has 1 spiro atoms. The molecule has 1 saturated heterocycles. The summed E-state index contributed by atoms with van der Waals surface area (Å²) in [5.74, 6) is -0.809. The van der Waals surface area contributed by atoms with E-state index < -0.39 is 17.2 Å². The van der Waals surface area contributed by atoms with E-state index in [-0.39, 0.29) is 31.2 Å². The fourth-order valence-corrected chi connectivity index (χ4v) is 4.18. The van der Waals surface area contributed by atoms with Crippen LogP contribution >= 0.6 is 0 Å². The normalized spacial score (nSPS) is 28.3. The standard InChI is InChI=1S/C20H25F2N3O2/c1-13-6-8-20(9-7-13)18(26)25(19(27)23-20)12-24(16-4-5-16)11-14-2-3-15(21)10-17(14)22/h2-3,10,13,16H,4-9,11-12H2,1H3,(H,23,27). The lowest BCUT2D eigenvalue weighted by molar-refractivity contribution is -0.134. The van der Waals surface area contributed by atoms with Gasteiger partial charge in [-0.1, -0.05) is 13.0 Å². The molecule has 0 bridgehead atoms. The molecule has 27 heavy (non-hydrogen) atoms. The highest BCUT2D eigenvalue weighted by Crippen LogP contribution is 2.37. The second-order valence-electron chi connectivity index (χ2n) is 8.28. The van der Waals surface area contributed by atoms with Crippen molar-refractivity contribution in [2.75, 3.05) is 6.67 Å². The van der Waals surface area contributed by atoms with Gasteiger partial charge in [-0.2, -0.15) is 0 Å². The third kappa shape index (κ3) is 3.57. The molecule has 0 aromatic heterocycles. The Hall–Kier alpha value is -2.02. The van der Waals surface area contributed by atoms with Crippen LogP contribution in [0.1, 0.15) is 51.0 Å². The second kappa shape index (κ2) is 6.86. The fourth-order valence-electron chi connectivity index (χ4n) is 4.18. The summed E-state index contributed by atoms with van der Waals surface area (Å²) >= 11 is 0. The minimum absolute atomic E-state index is 0.142. The van der Waals surface area contributed by atoms with Gasteiger partial charge in [-0.25, -0.2) is 18.5 Å². The molecule has 2 aliphatic carbocycles. The highest BCUT2D eigenvalue weighted by molar-refractivity contribution is 6.07. The maximum absolute atomic E-state index is 14.1. The molecule has 3 fully saturated rings. The summed E-state index contributed by atoms with van der Waals surface area (Å²) in [6.07, 6.45) is 5.10. The van der Waals surface area contributed by atoms with Gasteiger partial charge in [0, 0.05) is 24.2 Å². The Kier molecular flexibility index (Phi) is 4.66. The summed E-state index contributed by atoms with van der Waals surface area (Å²) < 4.78 is 27.2. The molecule has 1 heterocycles. The first kappa shape index (κ1) is 18.3. The number of carbonyl (C=O) groups excluding carboxylic acids is 2. The molecule has 146 valence electrons. The van der Waals surface area contributed by atoms with Crippen molar-refractivity contribution in [1.82, 2.24) is 15.1 Å². The maximum atomic E-state index is 14.1.